The van der Waals surface area contributed by atoms with Crippen molar-refractivity contribution in [2.75, 3.05) is 0 Å². The maximum atomic E-state index is 12.0. The first-order valence-corrected chi connectivity index (χ1v) is 9.69. The predicted molar refractivity (Wildman–Crippen MR) is 102 cm³/mol. The van der Waals surface area contributed by atoms with E-state index in [2.05, 4.69) is 10.3 Å². The maximum absolute atomic E-state index is 12.0. The van der Waals surface area contributed by atoms with Crippen molar-refractivity contribution in [1.82, 2.24) is 14.9 Å². The second-order valence-electron chi connectivity index (χ2n) is 5.77. The summed E-state index contributed by atoms with van der Waals surface area (Å²) in [6.07, 6.45) is 0.388. The van der Waals surface area contributed by atoms with Crippen LogP contribution in [0.15, 0.2) is 50.3 Å². The second-order valence-corrected chi connectivity index (χ2v) is 7.74. The van der Waals surface area contributed by atoms with Crippen LogP contribution >= 0.6 is 22.7 Å². The third-order valence-corrected chi connectivity index (χ3v) is 5.72. The third kappa shape index (κ3) is 3.33. The van der Waals surface area contributed by atoms with Crippen molar-refractivity contribution in [1.29, 1.82) is 0 Å². The van der Waals surface area contributed by atoms with Crippen LogP contribution in [0.4, 0.5) is 0 Å². The Labute approximate surface area is 156 Å². The summed E-state index contributed by atoms with van der Waals surface area (Å²) in [5.74, 6) is -0.402. The molecule has 4 rings (SSSR count). The van der Waals surface area contributed by atoms with E-state index in [1.165, 1.54) is 15.9 Å². The summed E-state index contributed by atoms with van der Waals surface area (Å²) in [5.41, 5.74) is 2.95. The Balaban J connectivity index is 1.46. The number of fused-ring (bicyclic) bond motifs is 1. The number of nitrogens with one attached hydrogen (secondary N) is 1. The summed E-state index contributed by atoms with van der Waals surface area (Å²) >= 11 is 3.06. The number of carbonyl (C=O) groups is 1. The van der Waals surface area contributed by atoms with Crippen LogP contribution in [0.25, 0.3) is 22.4 Å². The number of hydrogen-bond donors (Lipinski definition) is 1. The topological polar surface area (TPSA) is 77.1 Å². The monoisotopic (exact) mass is 385 g/mol. The lowest BCUT2D eigenvalue weighted by Gasteiger charge is -2.01. The molecule has 1 aromatic carbocycles. The molecule has 0 unspecified atom stereocenters. The molecule has 6 nitrogen and oxygen atoms in total. The highest BCUT2D eigenvalue weighted by atomic mass is 32.1. The minimum atomic E-state index is -0.385. The summed E-state index contributed by atoms with van der Waals surface area (Å²) in [6, 6.07) is 9.45. The molecule has 0 saturated heterocycles. The number of aryl methyl sites for hydroxylation is 1. The quantitative estimate of drug-likeness (QED) is 0.572. The summed E-state index contributed by atoms with van der Waals surface area (Å²) in [5, 5.41) is 7.62. The first-order chi connectivity index (χ1) is 12.6. The number of rotatable bonds is 5. The van der Waals surface area contributed by atoms with Crippen LogP contribution in [0, 0.1) is 0 Å². The van der Waals surface area contributed by atoms with Crippen molar-refractivity contribution in [2.45, 2.75) is 13.0 Å². The Kier molecular flexibility index (Phi) is 4.44. The van der Waals surface area contributed by atoms with Gasteiger partial charge in [0.05, 0.1) is 24.2 Å². The molecular weight excluding hydrogens is 370 g/mol. The van der Waals surface area contributed by atoms with Crippen LogP contribution < -0.4 is 11.1 Å². The van der Waals surface area contributed by atoms with Crippen LogP contribution in [0.2, 0.25) is 0 Å². The van der Waals surface area contributed by atoms with Gasteiger partial charge in [0.25, 0.3) is 0 Å². The Bertz CT molecular complexity index is 1120. The number of nitrogens with zero attached hydrogens (tertiary/aromatic N) is 2. The van der Waals surface area contributed by atoms with Gasteiger partial charge in [-0.25, -0.2) is 9.78 Å². The van der Waals surface area contributed by atoms with Crippen LogP contribution in [0.3, 0.4) is 0 Å². The lowest BCUT2D eigenvalue weighted by molar-refractivity contribution is -0.120. The fraction of sp³-hybridized carbons (Fsp3) is 0.167. The molecule has 0 aliphatic rings. The fourth-order valence-corrected chi connectivity index (χ4v) is 4.07. The van der Waals surface area contributed by atoms with Crippen molar-refractivity contribution in [3.05, 3.63) is 61.5 Å². The fourth-order valence-electron chi connectivity index (χ4n) is 2.63. The molecule has 132 valence electrons. The van der Waals surface area contributed by atoms with Gasteiger partial charge in [0.15, 0.2) is 5.58 Å². The molecule has 0 fully saturated rings. The first kappa shape index (κ1) is 16.7. The van der Waals surface area contributed by atoms with Crippen LogP contribution in [-0.4, -0.2) is 15.5 Å². The van der Waals surface area contributed by atoms with E-state index in [0.29, 0.717) is 18.5 Å². The van der Waals surface area contributed by atoms with E-state index in [1.54, 1.807) is 18.4 Å². The number of oxazole rings is 1. The molecule has 0 radical (unpaired) electrons. The summed E-state index contributed by atoms with van der Waals surface area (Å²) in [4.78, 5) is 29.2. The summed E-state index contributed by atoms with van der Waals surface area (Å²) < 4.78 is 6.69. The molecule has 3 aromatic heterocycles. The molecule has 0 spiro atoms. The van der Waals surface area contributed by atoms with E-state index in [-0.39, 0.29) is 11.7 Å². The van der Waals surface area contributed by atoms with Gasteiger partial charge in [-0.1, -0.05) is 12.1 Å². The van der Waals surface area contributed by atoms with Crippen molar-refractivity contribution in [2.24, 2.45) is 7.05 Å². The third-order valence-electron chi connectivity index (χ3n) is 3.99. The normalized spacial score (nSPS) is 11.1. The largest absolute Gasteiger partial charge is 0.419 e. The number of thiazole rings is 1. The molecule has 0 aliphatic carbocycles. The average Bonchev–Trinajstić information content (AvgIpc) is 3.35. The molecule has 26 heavy (non-hydrogen) atoms. The van der Waals surface area contributed by atoms with Gasteiger partial charge in [-0.05, 0) is 23.6 Å². The number of benzene rings is 1. The zero-order valence-electron chi connectivity index (χ0n) is 13.9. The average molecular weight is 385 g/mol. The molecule has 1 N–H and O–H groups in total. The number of carbonyl (C=O) groups excluding carboxylic acids is 1. The van der Waals surface area contributed by atoms with Crippen LogP contribution in [-0.2, 0) is 24.8 Å². The zero-order valence-corrected chi connectivity index (χ0v) is 15.5. The van der Waals surface area contributed by atoms with E-state index in [9.17, 15) is 9.59 Å². The highest BCUT2D eigenvalue weighted by Gasteiger charge is 2.11. The minimum absolute atomic E-state index is 0.0170. The Morgan fingerprint density at radius 3 is 3.00 bits per heavy atom. The molecule has 3 heterocycles. The molecular formula is C18H15N3O3S2. The van der Waals surface area contributed by atoms with Gasteiger partial charge in [0.2, 0.25) is 5.91 Å². The SMILES string of the molecule is Cn1c(=O)oc2cc(-c3csc(CNC(=O)Cc4cccs4)n3)ccc21. The Morgan fingerprint density at radius 1 is 1.31 bits per heavy atom. The number of thiophene rings is 1. The van der Waals surface area contributed by atoms with E-state index < -0.39 is 0 Å². The van der Waals surface area contributed by atoms with Crippen molar-refractivity contribution >= 4 is 39.7 Å². The van der Waals surface area contributed by atoms with E-state index >= 15 is 0 Å². The van der Waals surface area contributed by atoms with Crippen molar-refractivity contribution in [3.63, 3.8) is 0 Å². The molecule has 8 heteroatoms. The number of aromatic nitrogens is 2. The lowest BCUT2D eigenvalue weighted by atomic mass is 10.1. The zero-order chi connectivity index (χ0) is 18.1. The van der Waals surface area contributed by atoms with E-state index in [1.807, 2.05) is 41.1 Å². The first-order valence-electron chi connectivity index (χ1n) is 7.93. The van der Waals surface area contributed by atoms with Crippen molar-refractivity contribution < 1.29 is 9.21 Å². The highest BCUT2D eigenvalue weighted by Crippen LogP contribution is 2.25. The van der Waals surface area contributed by atoms with E-state index in [0.717, 1.165) is 26.7 Å². The molecule has 0 bridgehead atoms. The standard InChI is InChI=1S/C18H15N3O3S2/c1-21-14-5-4-11(7-15(14)24-18(21)23)13-10-26-17(20-13)9-19-16(22)8-12-3-2-6-25-12/h2-7,10H,8-9H2,1H3,(H,19,22). The Morgan fingerprint density at radius 2 is 2.19 bits per heavy atom. The summed E-state index contributed by atoms with van der Waals surface area (Å²) in [6.45, 7) is 0.400. The molecule has 0 atom stereocenters. The highest BCUT2D eigenvalue weighted by molar-refractivity contribution is 7.10. The van der Waals surface area contributed by atoms with Gasteiger partial charge in [-0.3, -0.25) is 9.36 Å². The number of amides is 1. The minimum Gasteiger partial charge on any atom is -0.408 e. The van der Waals surface area contributed by atoms with Gasteiger partial charge in [0.1, 0.15) is 5.01 Å². The molecule has 0 saturated carbocycles. The lowest BCUT2D eigenvalue weighted by Crippen LogP contribution is -2.24. The molecule has 1 amide bonds. The van der Waals surface area contributed by atoms with Crippen molar-refractivity contribution in [3.8, 4) is 11.3 Å². The van der Waals surface area contributed by atoms with Gasteiger partial charge < -0.3 is 9.73 Å². The molecule has 4 aromatic rings. The maximum Gasteiger partial charge on any atom is 0.419 e. The second kappa shape index (κ2) is 6.89. The summed E-state index contributed by atoms with van der Waals surface area (Å²) in [7, 11) is 1.67. The predicted octanol–water partition coefficient (Wildman–Crippen LogP) is 3.18. The molecule has 0 aliphatic heterocycles. The number of hydrogen-bond acceptors (Lipinski definition) is 6. The van der Waals surface area contributed by atoms with Crippen LogP contribution in [0.5, 0.6) is 0 Å². The van der Waals surface area contributed by atoms with Crippen LogP contribution in [0.1, 0.15) is 9.88 Å². The van der Waals surface area contributed by atoms with E-state index in [4.69, 9.17) is 4.42 Å². The Hall–Kier alpha value is -2.71. The van der Waals surface area contributed by atoms with Gasteiger partial charge in [-0.15, -0.1) is 22.7 Å². The van der Waals surface area contributed by atoms with Gasteiger partial charge >= 0.3 is 5.76 Å². The smallest absolute Gasteiger partial charge is 0.408 e. The van der Waals surface area contributed by atoms with Gasteiger partial charge in [-0.2, -0.15) is 0 Å². The van der Waals surface area contributed by atoms with Gasteiger partial charge in [0, 0.05) is 22.9 Å².